The zero-order valence-corrected chi connectivity index (χ0v) is 11.8. The standard InChI is InChI=1S/C16H14N2O3/c1-3-21-16(20)13-9-18-10(2)14(15(13)19)12-6-4-11(8-17)5-7-12/h4-7,9H,3H2,1-2H3,(H,18,19). The molecule has 5 nitrogen and oxygen atoms in total. The van der Waals surface area contributed by atoms with Gasteiger partial charge in [0.2, 0.25) is 5.43 Å². The molecule has 0 aliphatic heterocycles. The second kappa shape index (κ2) is 6.06. The van der Waals surface area contributed by atoms with Crippen LogP contribution in [0.25, 0.3) is 11.1 Å². The first kappa shape index (κ1) is 14.5. The molecule has 21 heavy (non-hydrogen) atoms. The fraction of sp³-hybridized carbons (Fsp3) is 0.188. The van der Waals surface area contributed by atoms with Crippen molar-refractivity contribution in [3.63, 3.8) is 0 Å². The molecule has 0 amide bonds. The van der Waals surface area contributed by atoms with E-state index in [0.717, 1.165) is 0 Å². The Bertz CT molecular complexity index is 768. The Morgan fingerprint density at radius 2 is 2.00 bits per heavy atom. The lowest BCUT2D eigenvalue weighted by atomic mass is 10.0. The highest BCUT2D eigenvalue weighted by Gasteiger charge is 2.17. The van der Waals surface area contributed by atoms with Gasteiger partial charge in [-0.1, -0.05) is 12.1 Å². The number of carbonyl (C=O) groups excluding carboxylic acids is 1. The number of aromatic amines is 1. The SMILES string of the molecule is CCOC(=O)c1c[nH]c(C)c(-c2ccc(C#N)cc2)c1=O. The third-order valence-electron chi connectivity index (χ3n) is 3.08. The van der Waals surface area contributed by atoms with Crippen molar-refractivity contribution in [1.29, 1.82) is 5.26 Å². The summed E-state index contributed by atoms with van der Waals surface area (Å²) in [6.07, 6.45) is 1.36. The Balaban J connectivity index is 2.57. The number of nitriles is 1. The zero-order valence-electron chi connectivity index (χ0n) is 11.8. The molecule has 1 heterocycles. The maximum atomic E-state index is 12.5. The second-order valence-corrected chi connectivity index (χ2v) is 4.44. The number of H-pyrrole nitrogens is 1. The van der Waals surface area contributed by atoms with Crippen LogP contribution < -0.4 is 5.43 Å². The van der Waals surface area contributed by atoms with Crippen LogP contribution in [0.5, 0.6) is 0 Å². The summed E-state index contributed by atoms with van der Waals surface area (Å²) in [4.78, 5) is 27.2. The Kier molecular flexibility index (Phi) is 4.19. The van der Waals surface area contributed by atoms with Crippen molar-refractivity contribution in [1.82, 2.24) is 4.98 Å². The summed E-state index contributed by atoms with van der Waals surface area (Å²) in [5.74, 6) is -0.645. The largest absolute Gasteiger partial charge is 0.462 e. The minimum absolute atomic E-state index is 0.0261. The van der Waals surface area contributed by atoms with E-state index < -0.39 is 5.97 Å². The van der Waals surface area contributed by atoms with Crippen LogP contribution >= 0.6 is 0 Å². The van der Waals surface area contributed by atoms with Gasteiger partial charge in [-0.3, -0.25) is 4.79 Å². The molecule has 2 rings (SSSR count). The number of benzene rings is 1. The molecule has 106 valence electrons. The predicted octanol–water partition coefficient (Wildman–Crippen LogP) is 2.40. The molecule has 0 radical (unpaired) electrons. The highest BCUT2D eigenvalue weighted by atomic mass is 16.5. The summed E-state index contributed by atoms with van der Waals surface area (Å²) in [5.41, 5.74) is 1.81. The van der Waals surface area contributed by atoms with Gasteiger partial charge in [0.05, 0.1) is 18.2 Å². The number of hydrogen-bond donors (Lipinski definition) is 1. The molecule has 1 aromatic carbocycles. The topological polar surface area (TPSA) is 82.9 Å². The number of nitrogens with one attached hydrogen (secondary N) is 1. The summed E-state index contributed by atoms with van der Waals surface area (Å²) in [7, 11) is 0. The lowest BCUT2D eigenvalue weighted by Crippen LogP contribution is -2.20. The van der Waals surface area contributed by atoms with Crippen molar-refractivity contribution in [2.45, 2.75) is 13.8 Å². The first-order valence-corrected chi connectivity index (χ1v) is 6.48. The molecule has 0 saturated carbocycles. The molecule has 5 heteroatoms. The molecule has 0 saturated heterocycles. The first-order chi connectivity index (χ1) is 10.1. The van der Waals surface area contributed by atoms with Gasteiger partial charge in [-0.15, -0.1) is 0 Å². The number of nitrogens with zero attached hydrogens (tertiary/aromatic N) is 1. The maximum Gasteiger partial charge on any atom is 0.343 e. The van der Waals surface area contributed by atoms with Gasteiger partial charge in [0, 0.05) is 17.5 Å². The van der Waals surface area contributed by atoms with Crippen molar-refractivity contribution < 1.29 is 9.53 Å². The highest BCUT2D eigenvalue weighted by molar-refractivity contribution is 5.90. The lowest BCUT2D eigenvalue weighted by Gasteiger charge is -2.08. The van der Waals surface area contributed by atoms with Gasteiger partial charge < -0.3 is 9.72 Å². The Hall–Kier alpha value is -2.87. The van der Waals surface area contributed by atoms with Gasteiger partial charge in [-0.25, -0.2) is 4.79 Å². The van der Waals surface area contributed by atoms with Crippen LogP contribution in [0.4, 0.5) is 0 Å². The molecule has 0 unspecified atom stereocenters. The van der Waals surface area contributed by atoms with Gasteiger partial charge >= 0.3 is 5.97 Å². The highest BCUT2D eigenvalue weighted by Crippen LogP contribution is 2.19. The van der Waals surface area contributed by atoms with Crippen LogP contribution in [-0.2, 0) is 4.74 Å². The van der Waals surface area contributed by atoms with Gasteiger partial charge in [0.25, 0.3) is 0 Å². The molecular weight excluding hydrogens is 268 g/mol. The number of hydrogen-bond acceptors (Lipinski definition) is 4. The summed E-state index contributed by atoms with van der Waals surface area (Å²) >= 11 is 0. The van der Waals surface area contributed by atoms with E-state index >= 15 is 0 Å². The average Bonchev–Trinajstić information content (AvgIpc) is 2.48. The number of aryl methyl sites for hydroxylation is 1. The van der Waals surface area contributed by atoms with Crippen LogP contribution in [-0.4, -0.2) is 17.6 Å². The summed E-state index contributed by atoms with van der Waals surface area (Å²) in [6.45, 7) is 3.64. The molecule has 1 aromatic heterocycles. The van der Waals surface area contributed by atoms with E-state index in [4.69, 9.17) is 10.00 Å². The van der Waals surface area contributed by atoms with E-state index in [0.29, 0.717) is 22.4 Å². The first-order valence-electron chi connectivity index (χ1n) is 6.48. The van der Waals surface area contributed by atoms with E-state index in [1.807, 2.05) is 6.07 Å². The third-order valence-corrected chi connectivity index (χ3v) is 3.08. The van der Waals surface area contributed by atoms with Crippen LogP contribution in [0.15, 0.2) is 35.3 Å². The van der Waals surface area contributed by atoms with Crippen molar-refractivity contribution in [3.8, 4) is 17.2 Å². The summed E-state index contributed by atoms with van der Waals surface area (Å²) < 4.78 is 4.87. The summed E-state index contributed by atoms with van der Waals surface area (Å²) in [5, 5.41) is 8.81. The number of ether oxygens (including phenoxy) is 1. The molecule has 1 N–H and O–H groups in total. The fourth-order valence-electron chi connectivity index (χ4n) is 2.04. The summed E-state index contributed by atoms with van der Waals surface area (Å²) in [6, 6.07) is 8.65. The monoisotopic (exact) mass is 282 g/mol. The van der Waals surface area contributed by atoms with Crippen molar-refractivity contribution in [3.05, 3.63) is 57.5 Å². The number of rotatable bonds is 3. The van der Waals surface area contributed by atoms with Crippen molar-refractivity contribution >= 4 is 5.97 Å². The van der Waals surface area contributed by atoms with E-state index in [1.54, 1.807) is 38.1 Å². The van der Waals surface area contributed by atoms with Gasteiger partial charge in [0.15, 0.2) is 0 Å². The molecule has 0 aliphatic carbocycles. The molecule has 0 fully saturated rings. The average molecular weight is 282 g/mol. The van der Waals surface area contributed by atoms with Crippen molar-refractivity contribution in [2.75, 3.05) is 6.61 Å². The molecule has 0 atom stereocenters. The smallest absolute Gasteiger partial charge is 0.343 e. The van der Waals surface area contributed by atoms with Crippen molar-refractivity contribution in [2.24, 2.45) is 0 Å². The molecule has 0 bridgehead atoms. The van der Waals surface area contributed by atoms with E-state index in [2.05, 4.69) is 4.98 Å². The Labute approximate surface area is 121 Å². The zero-order chi connectivity index (χ0) is 15.4. The van der Waals surface area contributed by atoms with Crippen LogP contribution in [0.2, 0.25) is 0 Å². The number of pyridine rings is 1. The molecule has 0 aliphatic rings. The van der Waals surface area contributed by atoms with Gasteiger partial charge in [-0.05, 0) is 31.5 Å². The van der Waals surface area contributed by atoms with Crippen LogP contribution in [0.1, 0.15) is 28.5 Å². The second-order valence-electron chi connectivity index (χ2n) is 4.44. The van der Waals surface area contributed by atoms with E-state index in [-0.39, 0.29) is 17.6 Å². The lowest BCUT2D eigenvalue weighted by molar-refractivity contribution is 0.0524. The number of esters is 1. The maximum absolute atomic E-state index is 12.5. The fourth-order valence-corrected chi connectivity index (χ4v) is 2.04. The molecular formula is C16H14N2O3. The quantitative estimate of drug-likeness (QED) is 0.876. The minimum atomic E-state index is -0.645. The Morgan fingerprint density at radius 1 is 1.33 bits per heavy atom. The third kappa shape index (κ3) is 2.84. The molecule has 2 aromatic rings. The number of aromatic nitrogens is 1. The predicted molar refractivity (Wildman–Crippen MR) is 77.9 cm³/mol. The normalized spacial score (nSPS) is 9.95. The van der Waals surface area contributed by atoms with Gasteiger partial charge in [-0.2, -0.15) is 5.26 Å². The van der Waals surface area contributed by atoms with Crippen LogP contribution in [0, 0.1) is 18.3 Å². The van der Waals surface area contributed by atoms with Gasteiger partial charge in [0.1, 0.15) is 5.56 Å². The van der Waals surface area contributed by atoms with Crippen LogP contribution in [0.3, 0.4) is 0 Å². The van der Waals surface area contributed by atoms with E-state index in [9.17, 15) is 9.59 Å². The minimum Gasteiger partial charge on any atom is -0.462 e. The number of carbonyl (C=O) groups is 1. The van der Waals surface area contributed by atoms with E-state index in [1.165, 1.54) is 6.20 Å². The molecule has 0 spiro atoms. The Morgan fingerprint density at radius 3 is 2.57 bits per heavy atom.